The molecule has 3 aromatic rings. The van der Waals surface area contributed by atoms with Crippen molar-refractivity contribution in [2.45, 2.75) is 31.5 Å². The van der Waals surface area contributed by atoms with Gasteiger partial charge in [-0.2, -0.15) is 9.78 Å². The normalized spacial score (nSPS) is 19.2. The average Bonchev–Trinajstić information content (AvgIpc) is 2.82. The summed E-state index contributed by atoms with van der Waals surface area (Å²) in [6.45, 7) is 2.50. The Balaban J connectivity index is 1.45. The summed E-state index contributed by atoms with van der Waals surface area (Å²) in [5.41, 5.74) is 5.70. The highest BCUT2D eigenvalue weighted by molar-refractivity contribution is 6.32. The van der Waals surface area contributed by atoms with Crippen LogP contribution in [0.5, 0.6) is 11.5 Å². The van der Waals surface area contributed by atoms with Crippen molar-refractivity contribution in [3.8, 4) is 17.2 Å². The topological polar surface area (TPSA) is 91.4 Å². The molecule has 0 radical (unpaired) electrons. The van der Waals surface area contributed by atoms with Gasteiger partial charge < -0.3 is 20.5 Å². The van der Waals surface area contributed by atoms with Gasteiger partial charge in [0, 0.05) is 12.6 Å². The van der Waals surface area contributed by atoms with E-state index >= 15 is 0 Å². The fraction of sp³-hybridized carbons (Fsp3) is 0.333. The first-order chi connectivity index (χ1) is 15.8. The minimum atomic E-state index is -1.49. The molecule has 0 unspecified atom stereocenters. The molecule has 174 valence electrons. The molecule has 0 bridgehead atoms. The summed E-state index contributed by atoms with van der Waals surface area (Å²) in [7, 11) is 0. The predicted molar refractivity (Wildman–Crippen MR) is 126 cm³/mol. The second kappa shape index (κ2) is 9.91. The molecule has 7 nitrogen and oxygen atoms in total. The first kappa shape index (κ1) is 23.2. The van der Waals surface area contributed by atoms with Crippen LogP contribution in [-0.4, -0.2) is 35.2 Å². The van der Waals surface area contributed by atoms with Gasteiger partial charge in [-0.05, 0) is 61.7 Å². The van der Waals surface area contributed by atoms with Gasteiger partial charge in [-0.1, -0.05) is 23.7 Å². The third-order valence-electron chi connectivity index (χ3n) is 5.51. The lowest BCUT2D eigenvalue weighted by Gasteiger charge is -2.29. The molecule has 1 aliphatic rings. The number of hydrogen-bond donors (Lipinski definition) is 2. The van der Waals surface area contributed by atoms with Gasteiger partial charge in [-0.15, -0.1) is 0 Å². The number of nitrogens with one attached hydrogen (secondary N) is 1. The second-order valence-corrected chi connectivity index (χ2v) is 8.58. The second-order valence-electron chi connectivity index (χ2n) is 8.20. The van der Waals surface area contributed by atoms with Crippen molar-refractivity contribution in [3.05, 3.63) is 75.7 Å². The summed E-state index contributed by atoms with van der Waals surface area (Å²) in [6, 6.07) is 14.4. The van der Waals surface area contributed by atoms with E-state index in [1.807, 2.05) is 31.2 Å². The Morgan fingerprint density at radius 3 is 2.52 bits per heavy atom. The van der Waals surface area contributed by atoms with Crippen molar-refractivity contribution in [2.24, 2.45) is 5.73 Å². The molecule has 33 heavy (non-hydrogen) atoms. The molecule has 0 amide bonds. The average molecular weight is 473 g/mol. The molecule has 3 N–H and O–H groups in total. The van der Waals surface area contributed by atoms with E-state index in [4.69, 9.17) is 26.8 Å². The number of rotatable bonds is 7. The summed E-state index contributed by atoms with van der Waals surface area (Å²) >= 11 is 6.26. The molecule has 0 spiro atoms. The summed E-state index contributed by atoms with van der Waals surface area (Å²) in [5, 5.41) is 7.03. The quantitative estimate of drug-likeness (QED) is 0.521. The fourth-order valence-electron chi connectivity index (χ4n) is 3.58. The maximum atomic E-state index is 14.7. The molecule has 0 saturated carbocycles. The van der Waals surface area contributed by atoms with Gasteiger partial charge in [0.2, 0.25) is 0 Å². The number of benzene rings is 2. The zero-order valence-electron chi connectivity index (χ0n) is 18.3. The van der Waals surface area contributed by atoms with E-state index in [1.54, 1.807) is 24.3 Å². The summed E-state index contributed by atoms with van der Waals surface area (Å²) in [5.74, 6) is 1.28. The predicted octanol–water partition coefficient (Wildman–Crippen LogP) is 4.63. The van der Waals surface area contributed by atoms with Crippen LogP contribution in [0, 0.1) is 0 Å². The summed E-state index contributed by atoms with van der Waals surface area (Å²) < 4.78 is 27.0. The van der Waals surface area contributed by atoms with Gasteiger partial charge in [-0.25, -0.2) is 4.39 Å². The summed E-state index contributed by atoms with van der Waals surface area (Å²) in [6.07, 6.45) is 2.47. The van der Waals surface area contributed by atoms with Crippen molar-refractivity contribution in [1.29, 1.82) is 0 Å². The van der Waals surface area contributed by atoms with Crippen LogP contribution in [0.1, 0.15) is 31.4 Å². The zero-order valence-corrected chi connectivity index (χ0v) is 19.0. The Morgan fingerprint density at radius 2 is 1.91 bits per heavy atom. The first-order valence-electron chi connectivity index (χ1n) is 10.8. The Hall–Kier alpha value is -2.94. The number of nitrogens with zero attached hydrogens (tertiary/aromatic N) is 2. The van der Waals surface area contributed by atoms with Crippen molar-refractivity contribution < 1.29 is 13.9 Å². The van der Waals surface area contributed by atoms with Crippen LogP contribution in [0.4, 0.5) is 10.1 Å². The van der Waals surface area contributed by atoms with E-state index in [1.165, 1.54) is 10.9 Å². The number of halogens is 2. The standard InChI is InChI=1S/C24H26ClFN4O3/c1-16(27)17-3-7-19(8-4-17)33-20-9-5-18(6-10-20)30-23(31)22(25)21(13-29-30)28-14-24(26)11-2-12-32-15-24/h3-10,13,16,28H,2,11-12,14-15,27H2,1H3/t16-,24+/m1/s1. The van der Waals surface area contributed by atoms with Gasteiger partial charge in [-0.3, -0.25) is 4.79 Å². The lowest BCUT2D eigenvalue weighted by Crippen LogP contribution is -2.40. The smallest absolute Gasteiger partial charge is 0.292 e. The minimum Gasteiger partial charge on any atom is -0.457 e. The third-order valence-corrected chi connectivity index (χ3v) is 5.88. The minimum absolute atomic E-state index is 0.00490. The number of ether oxygens (including phenoxy) is 2. The Labute approximate surface area is 196 Å². The highest BCUT2D eigenvalue weighted by Gasteiger charge is 2.32. The van der Waals surface area contributed by atoms with Crippen LogP contribution in [0.3, 0.4) is 0 Å². The van der Waals surface area contributed by atoms with E-state index in [2.05, 4.69) is 10.4 Å². The summed E-state index contributed by atoms with van der Waals surface area (Å²) in [4.78, 5) is 12.8. The molecule has 2 atom stereocenters. The van der Waals surface area contributed by atoms with E-state index in [0.717, 1.165) is 5.56 Å². The lowest BCUT2D eigenvalue weighted by atomic mass is 9.99. The van der Waals surface area contributed by atoms with E-state index in [-0.39, 0.29) is 29.9 Å². The Morgan fingerprint density at radius 1 is 1.24 bits per heavy atom. The number of aromatic nitrogens is 2. The molecule has 4 rings (SSSR count). The molecule has 0 aliphatic carbocycles. The van der Waals surface area contributed by atoms with Crippen molar-refractivity contribution in [1.82, 2.24) is 9.78 Å². The SMILES string of the molecule is C[C@@H](N)c1ccc(Oc2ccc(-n3ncc(NC[C@@]4(F)CCCOC4)c(Cl)c3=O)cc2)cc1. The van der Waals surface area contributed by atoms with Crippen LogP contribution in [0.25, 0.3) is 5.69 Å². The maximum Gasteiger partial charge on any atom is 0.292 e. The van der Waals surface area contributed by atoms with Crippen LogP contribution >= 0.6 is 11.6 Å². The fourth-order valence-corrected chi connectivity index (χ4v) is 3.78. The molecule has 9 heteroatoms. The highest BCUT2D eigenvalue weighted by atomic mass is 35.5. The van der Waals surface area contributed by atoms with Crippen LogP contribution < -0.4 is 21.3 Å². The number of anilines is 1. The highest BCUT2D eigenvalue weighted by Crippen LogP contribution is 2.26. The van der Waals surface area contributed by atoms with Gasteiger partial charge in [0.1, 0.15) is 16.5 Å². The van der Waals surface area contributed by atoms with E-state index < -0.39 is 11.2 Å². The van der Waals surface area contributed by atoms with Crippen molar-refractivity contribution in [3.63, 3.8) is 0 Å². The lowest BCUT2D eigenvalue weighted by molar-refractivity contribution is -0.0234. The Kier molecular flexibility index (Phi) is 6.97. The molecular formula is C24H26ClFN4O3. The number of alkyl halides is 1. The van der Waals surface area contributed by atoms with Gasteiger partial charge >= 0.3 is 0 Å². The molecular weight excluding hydrogens is 447 g/mol. The molecule has 1 aromatic heterocycles. The molecule has 2 aromatic carbocycles. The number of nitrogens with two attached hydrogens (primary N) is 1. The van der Waals surface area contributed by atoms with Gasteiger partial charge in [0.05, 0.1) is 30.7 Å². The molecule has 1 fully saturated rings. The van der Waals surface area contributed by atoms with Gasteiger partial charge in [0.25, 0.3) is 5.56 Å². The van der Waals surface area contributed by atoms with Gasteiger partial charge in [0.15, 0.2) is 5.67 Å². The maximum absolute atomic E-state index is 14.7. The monoisotopic (exact) mass is 472 g/mol. The molecule has 1 aliphatic heterocycles. The van der Waals surface area contributed by atoms with Crippen LogP contribution in [-0.2, 0) is 4.74 Å². The third kappa shape index (κ3) is 5.52. The Bertz CT molecular complexity index is 1140. The van der Waals surface area contributed by atoms with Crippen molar-refractivity contribution in [2.75, 3.05) is 25.1 Å². The van der Waals surface area contributed by atoms with Crippen LogP contribution in [0.2, 0.25) is 5.02 Å². The first-order valence-corrected chi connectivity index (χ1v) is 11.1. The zero-order chi connectivity index (χ0) is 23.4. The largest absolute Gasteiger partial charge is 0.457 e. The molecule has 2 heterocycles. The van der Waals surface area contributed by atoms with E-state index in [0.29, 0.717) is 36.6 Å². The van der Waals surface area contributed by atoms with Crippen LogP contribution in [0.15, 0.2) is 59.5 Å². The van der Waals surface area contributed by atoms with E-state index in [9.17, 15) is 9.18 Å². The number of hydrogen-bond acceptors (Lipinski definition) is 6. The molecule has 1 saturated heterocycles. The van der Waals surface area contributed by atoms with Crippen molar-refractivity contribution >= 4 is 17.3 Å².